The van der Waals surface area contributed by atoms with Gasteiger partial charge in [-0.3, -0.25) is 10.1 Å². The van der Waals surface area contributed by atoms with Crippen LogP contribution in [0.4, 0.5) is 4.79 Å². The number of benzene rings is 1. The highest BCUT2D eigenvalue weighted by Crippen LogP contribution is 2.40. The number of hydrogen-bond acceptors (Lipinski definition) is 7. The molecule has 146 valence electrons. The van der Waals surface area contributed by atoms with E-state index in [2.05, 4.69) is 0 Å². The highest BCUT2D eigenvalue weighted by atomic mass is 16.6. The number of methoxy groups -OCH3 is 1. The zero-order valence-corrected chi connectivity index (χ0v) is 15.3. The number of urea groups is 1. The molecule has 3 amide bonds. The van der Waals surface area contributed by atoms with Gasteiger partial charge in [-0.15, -0.1) is 0 Å². The number of imide groups is 1. The number of rotatable bonds is 6. The van der Waals surface area contributed by atoms with E-state index >= 15 is 0 Å². The number of hydrogen-bond donors (Lipinski definition) is 2. The minimum Gasteiger partial charge on any atom is -0.493 e. The van der Waals surface area contributed by atoms with Gasteiger partial charge in [-0.25, -0.2) is 9.59 Å². The summed E-state index contributed by atoms with van der Waals surface area (Å²) in [5, 5.41) is 1.90. The summed E-state index contributed by atoms with van der Waals surface area (Å²) in [6.07, 6.45) is 1.51. The largest absolute Gasteiger partial charge is 0.493 e. The monoisotopic (exact) mass is 378 g/mol. The summed E-state index contributed by atoms with van der Waals surface area (Å²) in [5.41, 5.74) is 5.54. The van der Waals surface area contributed by atoms with Crippen LogP contribution in [0, 0.1) is 5.92 Å². The van der Waals surface area contributed by atoms with Crippen molar-refractivity contribution in [3.8, 4) is 17.2 Å². The van der Waals surface area contributed by atoms with Crippen LogP contribution in [-0.2, 0) is 14.3 Å². The Morgan fingerprint density at radius 3 is 2.56 bits per heavy atom. The molecule has 1 aliphatic heterocycles. The standard InChI is InChI=1S/C18H22N2O7/c1-10(2)15(17(22)20-18(19)23)27-14(21)5-4-11-8-12(24-3)16-13(9-11)25-6-7-26-16/h4-5,8-10,15H,6-7H2,1-3H3,(H3,19,20,22,23)/b5-4+/t15-/m0/s1. The highest BCUT2D eigenvalue weighted by Gasteiger charge is 2.26. The molecule has 0 saturated carbocycles. The second kappa shape index (κ2) is 8.93. The van der Waals surface area contributed by atoms with Crippen molar-refractivity contribution in [3.63, 3.8) is 0 Å². The number of fused-ring (bicyclic) bond motifs is 1. The van der Waals surface area contributed by atoms with Crippen molar-refractivity contribution in [3.05, 3.63) is 23.8 Å². The third kappa shape index (κ3) is 5.37. The molecule has 1 atom stereocenters. The fraction of sp³-hybridized carbons (Fsp3) is 0.389. The molecule has 0 radical (unpaired) electrons. The topological polar surface area (TPSA) is 126 Å². The normalized spacial score (nSPS) is 13.9. The molecule has 1 heterocycles. The molecule has 0 bridgehead atoms. The summed E-state index contributed by atoms with van der Waals surface area (Å²) in [6.45, 7) is 4.19. The molecule has 2 rings (SSSR count). The first-order chi connectivity index (χ1) is 12.8. The first-order valence-electron chi connectivity index (χ1n) is 8.28. The van der Waals surface area contributed by atoms with Crippen molar-refractivity contribution in [2.45, 2.75) is 20.0 Å². The van der Waals surface area contributed by atoms with E-state index in [0.29, 0.717) is 36.0 Å². The van der Waals surface area contributed by atoms with Crippen LogP contribution in [0.5, 0.6) is 17.2 Å². The fourth-order valence-electron chi connectivity index (χ4n) is 2.40. The molecule has 27 heavy (non-hydrogen) atoms. The van der Waals surface area contributed by atoms with Gasteiger partial charge < -0.3 is 24.7 Å². The van der Waals surface area contributed by atoms with Crippen molar-refractivity contribution in [2.75, 3.05) is 20.3 Å². The lowest BCUT2D eigenvalue weighted by molar-refractivity contribution is -0.153. The van der Waals surface area contributed by atoms with E-state index in [-0.39, 0.29) is 5.92 Å². The molecule has 0 aliphatic carbocycles. The number of nitrogens with two attached hydrogens (primary N) is 1. The van der Waals surface area contributed by atoms with Gasteiger partial charge in [-0.2, -0.15) is 0 Å². The van der Waals surface area contributed by atoms with Crippen LogP contribution in [0.2, 0.25) is 0 Å². The fourth-order valence-corrected chi connectivity index (χ4v) is 2.40. The van der Waals surface area contributed by atoms with Crippen molar-refractivity contribution < 1.29 is 33.3 Å². The van der Waals surface area contributed by atoms with Crippen LogP contribution < -0.4 is 25.3 Å². The Balaban J connectivity index is 2.11. The second-order valence-corrected chi connectivity index (χ2v) is 6.04. The van der Waals surface area contributed by atoms with E-state index in [0.717, 1.165) is 6.08 Å². The lowest BCUT2D eigenvalue weighted by atomic mass is 10.1. The number of nitrogens with one attached hydrogen (secondary N) is 1. The van der Waals surface area contributed by atoms with Gasteiger partial charge in [0.05, 0.1) is 7.11 Å². The molecule has 3 N–H and O–H groups in total. The lowest BCUT2D eigenvalue weighted by Gasteiger charge is -2.21. The first kappa shape index (κ1) is 20.1. The van der Waals surface area contributed by atoms with Crippen LogP contribution >= 0.6 is 0 Å². The van der Waals surface area contributed by atoms with Gasteiger partial charge in [0.25, 0.3) is 5.91 Å². The minimum atomic E-state index is -1.15. The van der Waals surface area contributed by atoms with E-state index in [1.165, 1.54) is 13.2 Å². The van der Waals surface area contributed by atoms with Crippen LogP contribution in [0.3, 0.4) is 0 Å². The molecular weight excluding hydrogens is 356 g/mol. The van der Waals surface area contributed by atoms with Gasteiger partial charge in [-0.1, -0.05) is 13.8 Å². The van der Waals surface area contributed by atoms with Gasteiger partial charge in [-0.05, 0) is 29.7 Å². The third-order valence-corrected chi connectivity index (χ3v) is 3.62. The third-order valence-electron chi connectivity index (χ3n) is 3.62. The Morgan fingerprint density at radius 2 is 1.93 bits per heavy atom. The Bertz CT molecular complexity index is 741. The number of primary amides is 1. The number of amides is 3. The Kier molecular flexibility index (Phi) is 6.64. The van der Waals surface area contributed by atoms with Crippen LogP contribution in [0.25, 0.3) is 6.08 Å². The smallest absolute Gasteiger partial charge is 0.331 e. The van der Waals surface area contributed by atoms with E-state index in [1.54, 1.807) is 26.0 Å². The predicted molar refractivity (Wildman–Crippen MR) is 95.5 cm³/mol. The van der Waals surface area contributed by atoms with Gasteiger partial charge in [0.2, 0.25) is 5.75 Å². The average molecular weight is 378 g/mol. The van der Waals surface area contributed by atoms with Gasteiger partial charge in [0.15, 0.2) is 17.6 Å². The maximum Gasteiger partial charge on any atom is 0.331 e. The van der Waals surface area contributed by atoms with Gasteiger partial charge in [0, 0.05) is 6.08 Å². The first-order valence-corrected chi connectivity index (χ1v) is 8.28. The molecule has 9 nitrogen and oxygen atoms in total. The minimum absolute atomic E-state index is 0.351. The molecule has 0 aromatic heterocycles. The molecule has 0 unspecified atom stereocenters. The molecule has 0 fully saturated rings. The summed E-state index contributed by atoms with van der Waals surface area (Å²) in [4.78, 5) is 34.8. The van der Waals surface area contributed by atoms with Crippen LogP contribution in [-0.4, -0.2) is 44.3 Å². The lowest BCUT2D eigenvalue weighted by Crippen LogP contribution is -2.45. The van der Waals surface area contributed by atoms with Crippen LogP contribution in [0.15, 0.2) is 18.2 Å². The SMILES string of the molecule is COc1cc(/C=C/C(=O)O[C@H](C(=O)NC(N)=O)C(C)C)cc2c1OCCO2. The molecule has 1 aromatic carbocycles. The van der Waals surface area contributed by atoms with Crippen molar-refractivity contribution in [2.24, 2.45) is 11.7 Å². The van der Waals surface area contributed by atoms with Gasteiger partial charge in [0.1, 0.15) is 13.2 Å². The predicted octanol–water partition coefficient (Wildman–Crippen LogP) is 1.24. The number of esters is 1. The zero-order chi connectivity index (χ0) is 20.0. The van der Waals surface area contributed by atoms with Crippen LogP contribution in [0.1, 0.15) is 19.4 Å². The van der Waals surface area contributed by atoms with E-state index in [4.69, 9.17) is 24.7 Å². The molecule has 1 aliphatic rings. The number of ether oxygens (including phenoxy) is 4. The Hall–Kier alpha value is -3.23. The van der Waals surface area contributed by atoms with E-state index < -0.39 is 24.0 Å². The van der Waals surface area contributed by atoms with E-state index in [1.807, 2.05) is 5.32 Å². The zero-order valence-electron chi connectivity index (χ0n) is 15.3. The summed E-state index contributed by atoms with van der Waals surface area (Å²) in [7, 11) is 1.50. The molecule has 1 aromatic rings. The van der Waals surface area contributed by atoms with Crippen molar-refractivity contribution in [1.82, 2.24) is 5.32 Å². The second-order valence-electron chi connectivity index (χ2n) is 6.04. The van der Waals surface area contributed by atoms with Crippen molar-refractivity contribution >= 4 is 24.0 Å². The average Bonchev–Trinajstić information content (AvgIpc) is 2.62. The Labute approximate surface area is 156 Å². The molecule has 0 saturated heterocycles. The number of carbonyl (C=O) groups excluding carboxylic acids is 3. The summed E-state index contributed by atoms with van der Waals surface area (Å²) in [6, 6.07) is 2.36. The quantitative estimate of drug-likeness (QED) is 0.563. The molecular formula is C18H22N2O7. The number of carbonyl (C=O) groups is 3. The van der Waals surface area contributed by atoms with E-state index in [9.17, 15) is 14.4 Å². The summed E-state index contributed by atoms with van der Waals surface area (Å²) >= 11 is 0. The maximum absolute atomic E-state index is 12.1. The molecule has 9 heteroatoms. The Morgan fingerprint density at radius 1 is 1.22 bits per heavy atom. The van der Waals surface area contributed by atoms with Crippen molar-refractivity contribution in [1.29, 1.82) is 0 Å². The maximum atomic E-state index is 12.1. The summed E-state index contributed by atoms with van der Waals surface area (Å²) in [5.74, 6) is -0.388. The van der Waals surface area contributed by atoms with Gasteiger partial charge >= 0.3 is 12.0 Å². The molecule has 0 spiro atoms. The highest BCUT2D eigenvalue weighted by molar-refractivity contribution is 5.97. The summed E-state index contributed by atoms with van der Waals surface area (Å²) < 4.78 is 21.4.